The summed E-state index contributed by atoms with van der Waals surface area (Å²) in [6.07, 6.45) is 2.20. The van der Waals surface area contributed by atoms with Gasteiger partial charge in [-0.2, -0.15) is 0 Å². The van der Waals surface area contributed by atoms with Crippen molar-refractivity contribution in [1.29, 1.82) is 0 Å². The quantitative estimate of drug-likeness (QED) is 0.822. The summed E-state index contributed by atoms with van der Waals surface area (Å²) in [6, 6.07) is 6.58. The molecular formula is C15H23NO3. The zero-order valence-electron chi connectivity index (χ0n) is 11.8. The fraction of sp³-hybridized carbons (Fsp3) is 0.600. The molecule has 1 aromatic rings. The van der Waals surface area contributed by atoms with E-state index in [-0.39, 0.29) is 6.61 Å². The average molecular weight is 265 g/mol. The van der Waals surface area contributed by atoms with Crippen molar-refractivity contribution in [2.24, 2.45) is 0 Å². The molecule has 0 saturated carbocycles. The first-order valence-corrected chi connectivity index (χ1v) is 7.01. The lowest BCUT2D eigenvalue weighted by atomic mass is 10.1. The van der Waals surface area contributed by atoms with Crippen molar-refractivity contribution in [1.82, 2.24) is 4.90 Å². The maximum Gasteiger partial charge on any atom is 0.231 e. The Balaban J connectivity index is 2.08. The van der Waals surface area contributed by atoms with Gasteiger partial charge in [0.2, 0.25) is 6.79 Å². The lowest BCUT2D eigenvalue weighted by Crippen LogP contribution is -2.36. The highest BCUT2D eigenvalue weighted by molar-refractivity contribution is 5.44. The van der Waals surface area contributed by atoms with Gasteiger partial charge in [-0.3, -0.25) is 4.90 Å². The summed E-state index contributed by atoms with van der Waals surface area (Å²) >= 11 is 0. The van der Waals surface area contributed by atoms with E-state index in [1.54, 1.807) is 0 Å². The molecule has 0 spiro atoms. The maximum atomic E-state index is 9.22. The fourth-order valence-electron chi connectivity index (χ4n) is 2.60. The molecule has 1 heterocycles. The second-order valence-electron chi connectivity index (χ2n) is 4.85. The number of nitrogens with zero attached hydrogens (tertiary/aromatic N) is 1. The van der Waals surface area contributed by atoms with Crippen LogP contribution in [0.1, 0.15) is 32.3 Å². The van der Waals surface area contributed by atoms with Crippen LogP contribution in [0.2, 0.25) is 0 Å². The Labute approximate surface area is 114 Å². The first kappa shape index (κ1) is 14.2. The summed E-state index contributed by atoms with van der Waals surface area (Å²) in [4.78, 5) is 2.33. The van der Waals surface area contributed by atoms with E-state index < -0.39 is 0 Å². The summed E-state index contributed by atoms with van der Waals surface area (Å²) in [5.41, 5.74) is 1.20. The Morgan fingerprint density at radius 1 is 1.21 bits per heavy atom. The molecular weight excluding hydrogens is 242 g/mol. The van der Waals surface area contributed by atoms with E-state index in [0.29, 0.717) is 19.4 Å². The monoisotopic (exact) mass is 265 g/mol. The van der Waals surface area contributed by atoms with Crippen molar-refractivity contribution in [3.63, 3.8) is 0 Å². The van der Waals surface area contributed by atoms with Crippen LogP contribution in [0.15, 0.2) is 18.2 Å². The predicted octanol–water partition coefficient (Wildman–Crippen LogP) is 2.40. The third-order valence-corrected chi connectivity index (χ3v) is 3.67. The molecule has 1 aromatic carbocycles. The number of aliphatic hydroxyl groups is 1. The van der Waals surface area contributed by atoms with E-state index >= 15 is 0 Å². The fourth-order valence-corrected chi connectivity index (χ4v) is 2.60. The van der Waals surface area contributed by atoms with E-state index in [4.69, 9.17) is 9.47 Å². The largest absolute Gasteiger partial charge is 0.454 e. The first-order chi connectivity index (χ1) is 9.28. The molecule has 1 N–H and O–H groups in total. The molecule has 0 fully saturated rings. The topological polar surface area (TPSA) is 41.9 Å². The molecule has 0 saturated heterocycles. The van der Waals surface area contributed by atoms with Gasteiger partial charge in [0.05, 0.1) is 6.61 Å². The zero-order valence-corrected chi connectivity index (χ0v) is 11.8. The molecule has 106 valence electrons. The van der Waals surface area contributed by atoms with E-state index in [2.05, 4.69) is 24.8 Å². The highest BCUT2D eigenvalue weighted by Crippen LogP contribution is 2.33. The van der Waals surface area contributed by atoms with E-state index in [0.717, 1.165) is 30.9 Å². The molecule has 19 heavy (non-hydrogen) atoms. The second-order valence-corrected chi connectivity index (χ2v) is 4.85. The number of hydrogen-bond donors (Lipinski definition) is 1. The molecule has 0 bridgehead atoms. The highest BCUT2D eigenvalue weighted by Gasteiger charge is 2.17. The molecule has 4 heteroatoms. The third kappa shape index (κ3) is 3.39. The molecule has 4 nitrogen and oxygen atoms in total. The zero-order chi connectivity index (χ0) is 13.7. The number of fused-ring (bicyclic) bond motifs is 1. The van der Waals surface area contributed by atoms with Crippen molar-refractivity contribution < 1.29 is 14.6 Å². The van der Waals surface area contributed by atoms with Crippen molar-refractivity contribution in [2.75, 3.05) is 19.9 Å². The van der Waals surface area contributed by atoms with Gasteiger partial charge in [-0.1, -0.05) is 19.9 Å². The number of hydrogen-bond acceptors (Lipinski definition) is 4. The van der Waals surface area contributed by atoms with E-state index in [9.17, 15) is 5.11 Å². The minimum absolute atomic E-state index is 0.195. The van der Waals surface area contributed by atoms with Gasteiger partial charge in [0.15, 0.2) is 11.5 Å². The second kappa shape index (κ2) is 6.78. The van der Waals surface area contributed by atoms with Gasteiger partial charge < -0.3 is 14.6 Å². The molecule has 0 radical (unpaired) electrons. The first-order valence-electron chi connectivity index (χ1n) is 7.01. The molecule has 1 aliphatic heterocycles. The van der Waals surface area contributed by atoms with Gasteiger partial charge in [-0.15, -0.1) is 0 Å². The number of benzene rings is 1. The minimum atomic E-state index is 0.195. The lowest BCUT2D eigenvalue weighted by Gasteiger charge is -2.29. The number of rotatable bonds is 7. The van der Waals surface area contributed by atoms with Crippen molar-refractivity contribution in [3.8, 4) is 11.5 Å². The Kier molecular flexibility index (Phi) is 5.05. The molecule has 0 aliphatic carbocycles. The molecule has 1 aliphatic rings. The number of aliphatic hydroxyl groups excluding tert-OH is 1. The Bertz CT molecular complexity index is 404. The summed E-state index contributed by atoms with van der Waals surface area (Å²) in [6.45, 7) is 6.44. The Hall–Kier alpha value is -1.26. The Morgan fingerprint density at radius 3 is 2.63 bits per heavy atom. The van der Waals surface area contributed by atoms with Crippen LogP contribution in [0.3, 0.4) is 0 Å². The number of ether oxygens (including phenoxy) is 2. The van der Waals surface area contributed by atoms with Crippen molar-refractivity contribution >= 4 is 0 Å². The summed E-state index contributed by atoms with van der Waals surface area (Å²) in [5, 5.41) is 9.22. The van der Waals surface area contributed by atoms with Gasteiger partial charge >= 0.3 is 0 Å². The standard InChI is InChI=1S/C15H23NO3/c1-3-13(4-2)16(7-8-17)10-12-5-6-14-15(9-12)19-11-18-14/h5-6,9,13,17H,3-4,7-8,10-11H2,1-2H3. The predicted molar refractivity (Wildman–Crippen MR) is 74.4 cm³/mol. The highest BCUT2D eigenvalue weighted by atomic mass is 16.7. The normalized spacial score (nSPS) is 13.5. The minimum Gasteiger partial charge on any atom is -0.454 e. The summed E-state index contributed by atoms with van der Waals surface area (Å²) < 4.78 is 10.7. The SMILES string of the molecule is CCC(CC)N(CCO)Cc1ccc2c(c1)OCO2. The molecule has 0 atom stereocenters. The molecule has 2 rings (SSSR count). The smallest absolute Gasteiger partial charge is 0.231 e. The van der Waals surface area contributed by atoms with Gasteiger partial charge in [-0.05, 0) is 30.5 Å². The van der Waals surface area contributed by atoms with Gasteiger partial charge in [0.25, 0.3) is 0 Å². The van der Waals surface area contributed by atoms with Crippen LogP contribution < -0.4 is 9.47 Å². The van der Waals surface area contributed by atoms with Crippen LogP contribution in [0.4, 0.5) is 0 Å². The van der Waals surface area contributed by atoms with Crippen LogP contribution in [0.5, 0.6) is 11.5 Å². The van der Waals surface area contributed by atoms with Crippen molar-refractivity contribution in [3.05, 3.63) is 23.8 Å². The van der Waals surface area contributed by atoms with E-state index in [1.807, 2.05) is 12.1 Å². The van der Waals surface area contributed by atoms with Crippen LogP contribution in [-0.4, -0.2) is 36.0 Å². The van der Waals surface area contributed by atoms with Crippen LogP contribution in [0.25, 0.3) is 0 Å². The maximum absolute atomic E-state index is 9.22. The van der Waals surface area contributed by atoms with Gasteiger partial charge in [0.1, 0.15) is 0 Å². The molecule has 0 amide bonds. The molecule has 0 unspecified atom stereocenters. The van der Waals surface area contributed by atoms with Gasteiger partial charge in [0, 0.05) is 19.1 Å². The third-order valence-electron chi connectivity index (χ3n) is 3.67. The molecule has 0 aromatic heterocycles. The van der Waals surface area contributed by atoms with E-state index in [1.165, 1.54) is 5.56 Å². The average Bonchev–Trinajstić information content (AvgIpc) is 2.87. The van der Waals surface area contributed by atoms with Crippen LogP contribution in [-0.2, 0) is 6.54 Å². The van der Waals surface area contributed by atoms with Gasteiger partial charge in [-0.25, -0.2) is 0 Å². The van der Waals surface area contributed by atoms with Crippen LogP contribution >= 0.6 is 0 Å². The lowest BCUT2D eigenvalue weighted by molar-refractivity contribution is 0.136. The van der Waals surface area contributed by atoms with Crippen LogP contribution in [0, 0.1) is 0 Å². The summed E-state index contributed by atoms with van der Waals surface area (Å²) in [7, 11) is 0. The Morgan fingerprint density at radius 2 is 1.95 bits per heavy atom. The van der Waals surface area contributed by atoms with Crippen molar-refractivity contribution in [2.45, 2.75) is 39.3 Å². The summed E-state index contributed by atoms with van der Waals surface area (Å²) in [5.74, 6) is 1.64.